The fraction of sp³-hybridized carbons (Fsp3) is 0.368. The Kier molecular flexibility index (Phi) is 4.60. The summed E-state index contributed by atoms with van der Waals surface area (Å²) >= 11 is 0. The van der Waals surface area contributed by atoms with Crippen molar-refractivity contribution in [2.45, 2.75) is 38.6 Å². The van der Waals surface area contributed by atoms with E-state index in [0.29, 0.717) is 0 Å². The maximum Gasteiger partial charge on any atom is 0.217 e. The molecule has 2 aromatic rings. The van der Waals surface area contributed by atoms with E-state index >= 15 is 0 Å². The molecule has 0 saturated heterocycles. The van der Waals surface area contributed by atoms with Crippen LogP contribution >= 0.6 is 0 Å². The van der Waals surface area contributed by atoms with Crippen molar-refractivity contribution >= 4 is 22.9 Å². The number of carbonyl (C=O) groups excluding carboxylic acids is 1. The van der Waals surface area contributed by atoms with Crippen LogP contribution in [0.3, 0.4) is 0 Å². The molecule has 3 rings (SSSR count). The molecule has 4 nitrogen and oxygen atoms in total. The number of hydrogen-bond donors (Lipinski definition) is 1. The van der Waals surface area contributed by atoms with Gasteiger partial charge in [0.1, 0.15) is 5.75 Å². The first kappa shape index (κ1) is 15.5. The molecule has 0 aliphatic heterocycles. The Labute approximate surface area is 136 Å². The minimum Gasteiger partial charge on any atom is -0.497 e. The first-order chi connectivity index (χ1) is 11.2. The molecular weight excluding hydrogens is 288 g/mol. The fourth-order valence-electron chi connectivity index (χ4n) is 3.26. The molecule has 1 aliphatic rings. The molecule has 1 aromatic heterocycles. The Morgan fingerprint density at radius 2 is 2.26 bits per heavy atom. The zero-order valence-electron chi connectivity index (χ0n) is 13.6. The first-order valence-corrected chi connectivity index (χ1v) is 8.05. The minimum absolute atomic E-state index is 0.0512. The molecule has 1 unspecified atom stereocenters. The Morgan fingerprint density at radius 1 is 1.39 bits per heavy atom. The number of aromatic nitrogens is 1. The van der Waals surface area contributed by atoms with Crippen molar-refractivity contribution in [2.75, 3.05) is 7.11 Å². The third-order valence-electron chi connectivity index (χ3n) is 4.31. The summed E-state index contributed by atoms with van der Waals surface area (Å²) in [5, 5.41) is 4.14. The maximum absolute atomic E-state index is 11.3. The normalized spacial score (nSPS) is 19.7. The average Bonchev–Trinajstić information content (AvgIpc) is 2.54. The number of ether oxygens (including phenoxy) is 1. The number of benzene rings is 1. The largest absolute Gasteiger partial charge is 0.497 e. The molecule has 0 bridgehead atoms. The Balaban J connectivity index is 1.91. The van der Waals surface area contributed by atoms with Crippen LogP contribution in [0.2, 0.25) is 0 Å². The molecule has 1 heterocycles. The van der Waals surface area contributed by atoms with Gasteiger partial charge in [0.2, 0.25) is 5.91 Å². The molecule has 1 amide bonds. The second kappa shape index (κ2) is 6.82. The summed E-state index contributed by atoms with van der Waals surface area (Å²) in [4.78, 5) is 15.7. The summed E-state index contributed by atoms with van der Waals surface area (Å²) in [5.41, 5.74) is 3.51. The summed E-state index contributed by atoms with van der Waals surface area (Å²) < 4.78 is 5.33. The molecule has 0 spiro atoms. The standard InChI is InChI=1S/C19H22N2O2/c1-13(22)21-16-5-3-4-14(11-16)10-15-8-9-20-19-7-6-17(23-2)12-18(15)19/h6-10,12,16H,3-5,11H2,1-2H3,(H,21,22). The molecule has 1 fully saturated rings. The van der Waals surface area contributed by atoms with Gasteiger partial charge in [0.15, 0.2) is 0 Å². The lowest BCUT2D eigenvalue weighted by Gasteiger charge is -2.25. The fourth-order valence-corrected chi connectivity index (χ4v) is 3.26. The summed E-state index contributed by atoms with van der Waals surface area (Å²) in [5.74, 6) is 0.889. The predicted octanol–water partition coefficient (Wildman–Crippen LogP) is 3.71. The molecule has 1 aliphatic carbocycles. The summed E-state index contributed by atoms with van der Waals surface area (Å²) in [6.07, 6.45) is 8.27. The summed E-state index contributed by atoms with van der Waals surface area (Å²) in [7, 11) is 1.68. The number of hydrogen-bond acceptors (Lipinski definition) is 3. The monoisotopic (exact) mass is 310 g/mol. The van der Waals surface area contributed by atoms with E-state index in [2.05, 4.69) is 16.4 Å². The van der Waals surface area contributed by atoms with Gasteiger partial charge < -0.3 is 10.1 Å². The van der Waals surface area contributed by atoms with E-state index in [0.717, 1.165) is 47.9 Å². The molecule has 1 saturated carbocycles. The summed E-state index contributed by atoms with van der Waals surface area (Å²) in [6.45, 7) is 1.58. The second-order valence-electron chi connectivity index (χ2n) is 6.08. The number of fused-ring (bicyclic) bond motifs is 1. The van der Waals surface area contributed by atoms with Gasteiger partial charge in [-0.25, -0.2) is 0 Å². The van der Waals surface area contributed by atoms with Gasteiger partial charge in [-0.3, -0.25) is 9.78 Å². The van der Waals surface area contributed by atoms with E-state index in [1.165, 1.54) is 5.57 Å². The van der Waals surface area contributed by atoms with Crippen molar-refractivity contribution in [2.24, 2.45) is 0 Å². The van der Waals surface area contributed by atoms with Gasteiger partial charge in [-0.15, -0.1) is 0 Å². The Morgan fingerprint density at radius 3 is 3.04 bits per heavy atom. The number of nitrogens with zero attached hydrogens (tertiary/aromatic N) is 1. The summed E-state index contributed by atoms with van der Waals surface area (Å²) in [6, 6.07) is 8.24. The van der Waals surface area contributed by atoms with Crippen molar-refractivity contribution in [1.29, 1.82) is 0 Å². The van der Waals surface area contributed by atoms with E-state index in [1.807, 2.05) is 30.5 Å². The van der Waals surface area contributed by atoms with Crippen LogP contribution in [0.4, 0.5) is 0 Å². The highest BCUT2D eigenvalue weighted by Gasteiger charge is 2.17. The van der Waals surface area contributed by atoms with E-state index in [-0.39, 0.29) is 11.9 Å². The Bertz CT molecular complexity index is 752. The number of amides is 1. The molecule has 1 atom stereocenters. The number of pyridine rings is 1. The van der Waals surface area contributed by atoms with Crippen LogP contribution in [0.25, 0.3) is 17.0 Å². The SMILES string of the molecule is COc1ccc2nccc(C=C3CCCC(NC(C)=O)C3)c2c1. The maximum atomic E-state index is 11.3. The number of rotatable bonds is 3. The molecule has 23 heavy (non-hydrogen) atoms. The van der Waals surface area contributed by atoms with Gasteiger partial charge in [0.05, 0.1) is 12.6 Å². The molecule has 1 N–H and O–H groups in total. The van der Waals surface area contributed by atoms with Crippen LogP contribution in [0, 0.1) is 0 Å². The lowest BCUT2D eigenvalue weighted by molar-refractivity contribution is -0.119. The van der Waals surface area contributed by atoms with Crippen LogP contribution in [0.1, 0.15) is 38.2 Å². The molecule has 120 valence electrons. The van der Waals surface area contributed by atoms with E-state index in [9.17, 15) is 4.79 Å². The first-order valence-electron chi connectivity index (χ1n) is 8.05. The highest BCUT2D eigenvalue weighted by molar-refractivity contribution is 5.89. The van der Waals surface area contributed by atoms with Gasteiger partial charge >= 0.3 is 0 Å². The molecule has 0 radical (unpaired) electrons. The number of nitrogens with one attached hydrogen (secondary N) is 1. The lowest BCUT2D eigenvalue weighted by Crippen LogP contribution is -2.35. The van der Waals surface area contributed by atoms with Crippen LogP contribution in [0.15, 0.2) is 36.0 Å². The third kappa shape index (κ3) is 3.70. The predicted molar refractivity (Wildman–Crippen MR) is 92.3 cm³/mol. The minimum atomic E-state index is 0.0512. The van der Waals surface area contributed by atoms with Gasteiger partial charge in [-0.2, -0.15) is 0 Å². The van der Waals surface area contributed by atoms with Crippen molar-refractivity contribution < 1.29 is 9.53 Å². The van der Waals surface area contributed by atoms with Gasteiger partial charge in [0, 0.05) is 24.5 Å². The van der Waals surface area contributed by atoms with Crippen molar-refractivity contribution in [3.05, 3.63) is 41.6 Å². The molecule has 1 aromatic carbocycles. The average molecular weight is 310 g/mol. The Hall–Kier alpha value is -2.36. The molecular formula is C19H22N2O2. The highest BCUT2D eigenvalue weighted by Crippen LogP contribution is 2.29. The van der Waals surface area contributed by atoms with E-state index in [1.54, 1.807) is 14.0 Å². The van der Waals surface area contributed by atoms with Gasteiger partial charge in [-0.05, 0) is 55.5 Å². The van der Waals surface area contributed by atoms with E-state index in [4.69, 9.17) is 4.74 Å². The second-order valence-corrected chi connectivity index (χ2v) is 6.08. The lowest BCUT2D eigenvalue weighted by atomic mass is 9.89. The van der Waals surface area contributed by atoms with Crippen molar-refractivity contribution in [3.63, 3.8) is 0 Å². The number of carbonyl (C=O) groups is 1. The zero-order valence-corrected chi connectivity index (χ0v) is 13.6. The van der Waals surface area contributed by atoms with E-state index < -0.39 is 0 Å². The topological polar surface area (TPSA) is 51.2 Å². The zero-order chi connectivity index (χ0) is 16.2. The van der Waals surface area contributed by atoms with Crippen LogP contribution in [-0.4, -0.2) is 24.0 Å². The van der Waals surface area contributed by atoms with Crippen molar-refractivity contribution in [3.8, 4) is 5.75 Å². The quantitative estimate of drug-likeness (QED) is 0.940. The van der Waals surface area contributed by atoms with Gasteiger partial charge in [-0.1, -0.05) is 11.6 Å². The number of methoxy groups -OCH3 is 1. The van der Waals surface area contributed by atoms with Crippen LogP contribution in [-0.2, 0) is 4.79 Å². The van der Waals surface area contributed by atoms with Crippen LogP contribution < -0.4 is 10.1 Å². The van der Waals surface area contributed by atoms with Crippen molar-refractivity contribution in [1.82, 2.24) is 10.3 Å². The third-order valence-corrected chi connectivity index (χ3v) is 4.31. The van der Waals surface area contributed by atoms with Crippen LogP contribution in [0.5, 0.6) is 5.75 Å². The van der Waals surface area contributed by atoms with Gasteiger partial charge in [0.25, 0.3) is 0 Å². The highest BCUT2D eigenvalue weighted by atomic mass is 16.5. The smallest absolute Gasteiger partial charge is 0.217 e. The molecule has 4 heteroatoms.